The molecule has 0 aliphatic carbocycles. The van der Waals surface area contributed by atoms with E-state index in [9.17, 15) is 4.79 Å². The van der Waals surface area contributed by atoms with E-state index in [1.165, 1.54) is 0 Å². The molecular formula is C10H21O4P. The first-order valence-electron chi connectivity index (χ1n) is 5.14. The monoisotopic (exact) mass is 236 g/mol. The highest BCUT2D eigenvalue weighted by atomic mass is 31.1. The zero-order valence-electron chi connectivity index (χ0n) is 9.49. The van der Waals surface area contributed by atoms with Crippen LogP contribution in [0.5, 0.6) is 0 Å². The van der Waals surface area contributed by atoms with Crippen molar-refractivity contribution in [2.75, 3.05) is 39.8 Å². The molecule has 2 fully saturated rings. The van der Waals surface area contributed by atoms with Gasteiger partial charge in [-0.1, -0.05) is 0 Å². The first kappa shape index (κ1) is 15.0. The SMILES string of the molecule is CPC.O=C1CCOC1.OC1CCOC1. The summed E-state index contributed by atoms with van der Waals surface area (Å²) in [4.78, 5) is 10.1. The van der Waals surface area contributed by atoms with Crippen LogP contribution in [-0.2, 0) is 14.3 Å². The molecule has 2 heterocycles. The van der Waals surface area contributed by atoms with Gasteiger partial charge in [0.25, 0.3) is 0 Å². The van der Waals surface area contributed by atoms with Crippen molar-refractivity contribution in [3.05, 3.63) is 0 Å². The maximum atomic E-state index is 10.1. The van der Waals surface area contributed by atoms with Gasteiger partial charge in [-0.15, -0.1) is 8.58 Å². The summed E-state index contributed by atoms with van der Waals surface area (Å²) in [5.41, 5.74) is 0. The van der Waals surface area contributed by atoms with Crippen molar-refractivity contribution in [3.8, 4) is 0 Å². The lowest BCUT2D eigenvalue weighted by Gasteiger charge is -1.89. The summed E-state index contributed by atoms with van der Waals surface area (Å²) >= 11 is 0. The minimum atomic E-state index is -0.176. The largest absolute Gasteiger partial charge is 0.391 e. The molecule has 0 radical (unpaired) electrons. The Kier molecular flexibility index (Phi) is 10.5. The Balaban J connectivity index is 0.000000210. The quantitative estimate of drug-likeness (QED) is 0.628. The molecule has 0 bridgehead atoms. The number of hydrogen-bond acceptors (Lipinski definition) is 4. The fourth-order valence-electron chi connectivity index (χ4n) is 0.966. The number of carbonyl (C=O) groups is 1. The average Bonchev–Trinajstić information content (AvgIpc) is 2.81. The van der Waals surface area contributed by atoms with Crippen LogP contribution in [0, 0.1) is 0 Å². The van der Waals surface area contributed by atoms with Crippen LogP contribution in [0.1, 0.15) is 12.8 Å². The summed E-state index contributed by atoms with van der Waals surface area (Å²) in [6.07, 6.45) is 1.27. The fourth-order valence-corrected chi connectivity index (χ4v) is 0.966. The molecule has 90 valence electrons. The molecule has 2 rings (SSSR count). The summed E-state index contributed by atoms with van der Waals surface area (Å²) in [5, 5.41) is 8.60. The van der Waals surface area contributed by atoms with E-state index in [2.05, 4.69) is 13.3 Å². The Morgan fingerprint density at radius 2 is 2.00 bits per heavy atom. The number of hydrogen-bond donors (Lipinski definition) is 1. The molecule has 2 aliphatic rings. The van der Waals surface area contributed by atoms with Gasteiger partial charge >= 0.3 is 0 Å². The van der Waals surface area contributed by atoms with Gasteiger partial charge in [-0.3, -0.25) is 4.79 Å². The van der Waals surface area contributed by atoms with Gasteiger partial charge in [0.15, 0.2) is 5.78 Å². The van der Waals surface area contributed by atoms with E-state index in [-0.39, 0.29) is 11.9 Å². The van der Waals surface area contributed by atoms with E-state index in [0.717, 1.165) is 21.6 Å². The second-order valence-corrected chi connectivity index (χ2v) is 4.36. The summed E-state index contributed by atoms with van der Waals surface area (Å²) in [6.45, 7) is 6.57. The van der Waals surface area contributed by atoms with Gasteiger partial charge in [0.05, 0.1) is 19.3 Å². The summed E-state index contributed by atoms with van der Waals surface area (Å²) in [6, 6.07) is 0. The Morgan fingerprint density at radius 1 is 1.33 bits per heavy atom. The highest BCUT2D eigenvalue weighted by Crippen LogP contribution is 2.00. The minimum absolute atomic E-state index is 0.176. The van der Waals surface area contributed by atoms with Gasteiger partial charge in [-0.05, 0) is 19.8 Å². The molecular weight excluding hydrogens is 215 g/mol. The molecule has 0 aromatic heterocycles. The number of Topliss-reactive ketones (excluding diaryl/α,β-unsaturated/α-hetero) is 1. The molecule has 2 saturated heterocycles. The lowest BCUT2D eigenvalue weighted by atomic mass is 10.3. The minimum Gasteiger partial charge on any atom is -0.391 e. The molecule has 1 unspecified atom stereocenters. The van der Waals surface area contributed by atoms with Crippen molar-refractivity contribution in [1.82, 2.24) is 0 Å². The van der Waals surface area contributed by atoms with Crippen LogP contribution >= 0.6 is 8.58 Å². The van der Waals surface area contributed by atoms with E-state index in [0.29, 0.717) is 26.2 Å². The number of ketones is 1. The smallest absolute Gasteiger partial charge is 0.160 e. The summed E-state index contributed by atoms with van der Waals surface area (Å²) < 4.78 is 9.51. The van der Waals surface area contributed by atoms with E-state index >= 15 is 0 Å². The van der Waals surface area contributed by atoms with Gasteiger partial charge < -0.3 is 14.6 Å². The summed E-state index contributed by atoms with van der Waals surface area (Å²) in [7, 11) is 1.08. The van der Waals surface area contributed by atoms with Crippen molar-refractivity contribution in [2.24, 2.45) is 0 Å². The zero-order chi connectivity index (χ0) is 11.5. The third-order valence-electron chi connectivity index (χ3n) is 1.69. The highest BCUT2D eigenvalue weighted by Gasteiger charge is 2.09. The Bertz CT molecular complexity index is 150. The molecule has 1 N–H and O–H groups in total. The number of carbonyl (C=O) groups excluding carboxylic acids is 1. The van der Waals surface area contributed by atoms with E-state index in [1.54, 1.807) is 0 Å². The van der Waals surface area contributed by atoms with Gasteiger partial charge in [0, 0.05) is 13.0 Å². The van der Waals surface area contributed by atoms with Gasteiger partial charge in [0.2, 0.25) is 0 Å². The highest BCUT2D eigenvalue weighted by molar-refractivity contribution is 7.35. The van der Waals surface area contributed by atoms with Crippen molar-refractivity contribution < 1.29 is 19.4 Å². The van der Waals surface area contributed by atoms with Crippen molar-refractivity contribution in [3.63, 3.8) is 0 Å². The molecule has 15 heavy (non-hydrogen) atoms. The molecule has 0 spiro atoms. The standard InChI is InChI=1S/C4H8O2.C4H6O2.C2H7P/c2*5-4-1-2-6-3-4;1-3-2/h4-5H,1-3H2;1-3H2;3H,1-2H3. The third-order valence-corrected chi connectivity index (χ3v) is 1.69. The maximum Gasteiger partial charge on any atom is 0.160 e. The molecule has 2 aliphatic heterocycles. The normalized spacial score (nSPS) is 23.9. The van der Waals surface area contributed by atoms with Crippen molar-refractivity contribution in [2.45, 2.75) is 18.9 Å². The van der Waals surface area contributed by atoms with E-state index in [4.69, 9.17) is 14.6 Å². The van der Waals surface area contributed by atoms with Crippen LogP contribution < -0.4 is 0 Å². The van der Waals surface area contributed by atoms with Crippen LogP contribution in [0.2, 0.25) is 0 Å². The molecule has 4 nitrogen and oxygen atoms in total. The average molecular weight is 236 g/mol. The van der Waals surface area contributed by atoms with Crippen molar-refractivity contribution in [1.29, 1.82) is 0 Å². The van der Waals surface area contributed by atoms with Gasteiger partial charge in [0.1, 0.15) is 6.61 Å². The third kappa shape index (κ3) is 10.3. The van der Waals surface area contributed by atoms with Crippen LogP contribution in [0.25, 0.3) is 0 Å². The molecule has 5 heteroatoms. The topological polar surface area (TPSA) is 55.8 Å². The van der Waals surface area contributed by atoms with Crippen LogP contribution in [0.3, 0.4) is 0 Å². The molecule has 0 amide bonds. The number of rotatable bonds is 0. The molecule has 0 saturated carbocycles. The summed E-state index contributed by atoms with van der Waals surface area (Å²) in [5.74, 6) is 0.231. The Labute approximate surface area is 93.1 Å². The Morgan fingerprint density at radius 3 is 2.13 bits per heavy atom. The van der Waals surface area contributed by atoms with Crippen molar-refractivity contribution >= 4 is 14.4 Å². The lowest BCUT2D eigenvalue weighted by molar-refractivity contribution is -0.117. The number of aliphatic hydroxyl groups excluding tert-OH is 1. The predicted octanol–water partition coefficient (Wildman–Crippen LogP) is 0.668. The molecule has 0 aromatic carbocycles. The second-order valence-electron chi connectivity index (χ2n) is 3.36. The zero-order valence-corrected chi connectivity index (χ0v) is 10.5. The van der Waals surface area contributed by atoms with Gasteiger partial charge in [-0.25, -0.2) is 0 Å². The molecule has 0 aromatic rings. The van der Waals surface area contributed by atoms with Gasteiger partial charge in [-0.2, -0.15) is 0 Å². The Hall–Kier alpha value is -0.0200. The van der Waals surface area contributed by atoms with Crippen LogP contribution in [-0.4, -0.2) is 56.8 Å². The predicted molar refractivity (Wildman–Crippen MR) is 62.0 cm³/mol. The fraction of sp³-hybridized carbons (Fsp3) is 0.900. The van der Waals surface area contributed by atoms with Crippen LogP contribution in [0.4, 0.5) is 0 Å². The first-order chi connectivity index (χ1) is 7.20. The molecule has 1 atom stereocenters. The first-order valence-corrected chi connectivity index (χ1v) is 7.14. The van der Waals surface area contributed by atoms with E-state index < -0.39 is 0 Å². The number of aliphatic hydroxyl groups is 1. The van der Waals surface area contributed by atoms with Crippen LogP contribution in [0.15, 0.2) is 0 Å². The number of ether oxygens (including phenoxy) is 2. The van der Waals surface area contributed by atoms with E-state index in [1.807, 2.05) is 0 Å². The lowest BCUT2D eigenvalue weighted by Crippen LogP contribution is -2.02. The second kappa shape index (κ2) is 10.5. The maximum absolute atomic E-state index is 10.1.